The lowest BCUT2D eigenvalue weighted by Gasteiger charge is -2.13. The molecule has 0 atom stereocenters. The van der Waals surface area contributed by atoms with E-state index in [2.05, 4.69) is 15.2 Å². The van der Waals surface area contributed by atoms with Crippen molar-refractivity contribution in [1.82, 2.24) is 4.98 Å². The molecule has 0 fully saturated rings. The second-order valence-electron chi connectivity index (χ2n) is 6.53. The molecule has 0 amide bonds. The Morgan fingerprint density at radius 2 is 1.60 bits per heavy atom. The molecule has 1 heterocycles. The number of methoxy groups -OCH3 is 1. The Morgan fingerprint density at radius 3 is 2.23 bits per heavy atom. The van der Waals surface area contributed by atoms with Gasteiger partial charge < -0.3 is 9.72 Å². The molecule has 0 saturated carbocycles. The number of aromatic nitrogens is 1. The molecule has 3 rings (SSSR count). The van der Waals surface area contributed by atoms with Crippen LogP contribution in [0.4, 0.5) is 0 Å². The minimum atomic E-state index is -0.635. The second-order valence-corrected chi connectivity index (χ2v) is 6.97. The zero-order chi connectivity index (χ0) is 21.7. The summed E-state index contributed by atoms with van der Waals surface area (Å²) in [6.45, 7) is 3.57. The third kappa shape index (κ3) is 4.72. The molecule has 0 aliphatic heterocycles. The van der Waals surface area contributed by atoms with Gasteiger partial charge in [-0.15, -0.1) is 0 Å². The maximum Gasteiger partial charge on any atom is 0.338 e. The molecule has 0 aliphatic rings. The van der Waals surface area contributed by atoms with Crippen molar-refractivity contribution < 1.29 is 9.53 Å². The quantitative estimate of drug-likeness (QED) is 0.367. The Bertz CT molecular complexity index is 1180. The maximum absolute atomic E-state index is 12.4. The highest BCUT2D eigenvalue weighted by Crippen LogP contribution is 2.26. The molecule has 152 valence electrons. The number of hydrogen-bond donors (Lipinski definition) is 1. The smallest absolute Gasteiger partial charge is 0.338 e. The van der Waals surface area contributed by atoms with Gasteiger partial charge in [0.05, 0.1) is 29.8 Å². The molecule has 0 aliphatic carbocycles. The molecular weight excluding hydrogens is 402 g/mol. The standard InChI is InChI=1S/C23H20ClN3O3/c1-14(16-7-5-4-6-8-16)26-27-15(2)21-19(23(29)30-3)13-20(28)25-22(21)17-9-11-18(24)12-10-17/h4-13H,1-3H3,(H,25,28)/b26-14-,27-15+. The van der Waals surface area contributed by atoms with Crippen LogP contribution < -0.4 is 5.56 Å². The molecule has 1 aromatic heterocycles. The highest BCUT2D eigenvalue weighted by Gasteiger charge is 2.21. The largest absolute Gasteiger partial charge is 0.465 e. The molecule has 0 saturated heterocycles. The third-order valence-corrected chi connectivity index (χ3v) is 4.74. The summed E-state index contributed by atoms with van der Waals surface area (Å²) in [5.41, 5.74) is 3.33. The van der Waals surface area contributed by atoms with Gasteiger partial charge in [0.2, 0.25) is 5.56 Å². The Labute approximate surface area is 178 Å². The van der Waals surface area contributed by atoms with E-state index in [4.69, 9.17) is 16.3 Å². The van der Waals surface area contributed by atoms with Crippen molar-refractivity contribution in [2.75, 3.05) is 7.11 Å². The summed E-state index contributed by atoms with van der Waals surface area (Å²) >= 11 is 5.99. The van der Waals surface area contributed by atoms with Gasteiger partial charge in [-0.25, -0.2) is 4.79 Å². The van der Waals surface area contributed by atoms with Crippen molar-refractivity contribution in [2.24, 2.45) is 10.2 Å². The normalized spacial score (nSPS) is 12.0. The molecule has 30 heavy (non-hydrogen) atoms. The van der Waals surface area contributed by atoms with Gasteiger partial charge in [0.25, 0.3) is 0 Å². The first-order chi connectivity index (χ1) is 14.4. The van der Waals surface area contributed by atoms with Crippen LogP contribution in [0.25, 0.3) is 11.3 Å². The summed E-state index contributed by atoms with van der Waals surface area (Å²) in [5, 5.41) is 9.19. The van der Waals surface area contributed by atoms with Crippen molar-refractivity contribution in [3.8, 4) is 11.3 Å². The van der Waals surface area contributed by atoms with Crippen LogP contribution in [0.15, 0.2) is 75.7 Å². The van der Waals surface area contributed by atoms with Crippen LogP contribution in [0.5, 0.6) is 0 Å². The van der Waals surface area contributed by atoms with Crippen LogP contribution in [-0.4, -0.2) is 29.5 Å². The molecule has 0 spiro atoms. The van der Waals surface area contributed by atoms with Gasteiger partial charge in [0, 0.05) is 16.7 Å². The predicted octanol–water partition coefficient (Wildman–Crippen LogP) is 4.72. The van der Waals surface area contributed by atoms with E-state index in [1.54, 1.807) is 31.2 Å². The minimum Gasteiger partial charge on any atom is -0.465 e. The second kappa shape index (κ2) is 9.33. The van der Waals surface area contributed by atoms with Crippen molar-refractivity contribution in [3.05, 3.63) is 92.7 Å². The molecule has 3 aromatic rings. The molecule has 7 heteroatoms. The van der Waals surface area contributed by atoms with E-state index < -0.39 is 11.5 Å². The van der Waals surface area contributed by atoms with Crippen LogP contribution in [-0.2, 0) is 4.74 Å². The Hall–Kier alpha value is -3.51. The Kier molecular flexibility index (Phi) is 6.59. The first kappa shape index (κ1) is 21.2. The number of ether oxygens (including phenoxy) is 1. The fourth-order valence-electron chi connectivity index (χ4n) is 2.98. The highest BCUT2D eigenvalue weighted by atomic mass is 35.5. The number of rotatable bonds is 5. The molecule has 6 nitrogen and oxygen atoms in total. The average molecular weight is 422 g/mol. The number of aromatic amines is 1. The molecule has 2 aromatic carbocycles. The monoisotopic (exact) mass is 421 g/mol. The maximum atomic E-state index is 12.4. The zero-order valence-electron chi connectivity index (χ0n) is 16.8. The molecule has 1 N–H and O–H groups in total. The first-order valence-electron chi connectivity index (χ1n) is 9.17. The van der Waals surface area contributed by atoms with Crippen molar-refractivity contribution in [2.45, 2.75) is 13.8 Å². The van der Waals surface area contributed by atoms with Crippen molar-refractivity contribution in [3.63, 3.8) is 0 Å². The number of carbonyl (C=O) groups is 1. The number of pyridine rings is 1. The van der Waals surface area contributed by atoms with E-state index in [-0.39, 0.29) is 5.56 Å². The fraction of sp³-hybridized carbons (Fsp3) is 0.130. The SMILES string of the molecule is COC(=O)c1cc(=O)[nH]c(-c2ccc(Cl)cc2)c1/C(C)=N/N=C(/C)c1ccccc1. The summed E-state index contributed by atoms with van der Waals surface area (Å²) < 4.78 is 4.88. The minimum absolute atomic E-state index is 0.111. The van der Waals surface area contributed by atoms with E-state index in [1.165, 1.54) is 13.2 Å². The fourth-order valence-corrected chi connectivity index (χ4v) is 3.10. The van der Waals surface area contributed by atoms with E-state index in [1.807, 2.05) is 37.3 Å². The van der Waals surface area contributed by atoms with E-state index >= 15 is 0 Å². The number of carbonyl (C=O) groups excluding carboxylic acids is 1. The highest BCUT2D eigenvalue weighted by molar-refractivity contribution is 6.30. The lowest BCUT2D eigenvalue weighted by Crippen LogP contribution is -2.18. The number of esters is 1. The molecular formula is C23H20ClN3O3. The predicted molar refractivity (Wildman–Crippen MR) is 120 cm³/mol. The van der Waals surface area contributed by atoms with Gasteiger partial charge >= 0.3 is 5.97 Å². The average Bonchev–Trinajstić information content (AvgIpc) is 2.77. The Balaban J connectivity index is 2.19. The van der Waals surface area contributed by atoms with Crippen LogP contribution in [0.3, 0.4) is 0 Å². The molecule has 0 bridgehead atoms. The summed E-state index contributed by atoms with van der Waals surface area (Å²) in [6.07, 6.45) is 0. The summed E-state index contributed by atoms with van der Waals surface area (Å²) in [5.74, 6) is -0.635. The van der Waals surface area contributed by atoms with Crippen LogP contribution >= 0.6 is 11.6 Å². The lowest BCUT2D eigenvalue weighted by molar-refractivity contribution is 0.0600. The summed E-state index contributed by atoms with van der Waals surface area (Å²) in [7, 11) is 1.26. The third-order valence-electron chi connectivity index (χ3n) is 4.48. The zero-order valence-corrected chi connectivity index (χ0v) is 17.5. The molecule has 0 radical (unpaired) electrons. The number of halogens is 1. The topological polar surface area (TPSA) is 83.9 Å². The summed E-state index contributed by atoms with van der Waals surface area (Å²) in [6, 6.07) is 17.7. The van der Waals surface area contributed by atoms with E-state index in [0.717, 1.165) is 5.56 Å². The number of nitrogens with zero attached hydrogens (tertiary/aromatic N) is 2. The van der Waals surface area contributed by atoms with Crippen molar-refractivity contribution >= 4 is 29.0 Å². The van der Waals surface area contributed by atoms with Crippen molar-refractivity contribution in [1.29, 1.82) is 0 Å². The van der Waals surface area contributed by atoms with Gasteiger partial charge in [-0.2, -0.15) is 10.2 Å². The number of nitrogens with one attached hydrogen (secondary N) is 1. The van der Waals surface area contributed by atoms with Crippen LogP contribution in [0.1, 0.15) is 35.3 Å². The lowest BCUT2D eigenvalue weighted by atomic mass is 9.97. The van der Waals surface area contributed by atoms with Crippen LogP contribution in [0.2, 0.25) is 5.02 Å². The Morgan fingerprint density at radius 1 is 0.967 bits per heavy atom. The first-order valence-corrected chi connectivity index (χ1v) is 9.54. The van der Waals surface area contributed by atoms with E-state index in [0.29, 0.717) is 33.3 Å². The summed E-state index contributed by atoms with van der Waals surface area (Å²) in [4.78, 5) is 27.4. The number of H-pyrrole nitrogens is 1. The number of benzene rings is 2. The van der Waals surface area contributed by atoms with Gasteiger partial charge in [-0.3, -0.25) is 4.79 Å². The van der Waals surface area contributed by atoms with Gasteiger partial charge in [0.1, 0.15) is 0 Å². The number of hydrogen-bond acceptors (Lipinski definition) is 5. The van der Waals surface area contributed by atoms with Gasteiger partial charge in [0.15, 0.2) is 0 Å². The van der Waals surface area contributed by atoms with Gasteiger partial charge in [-0.1, -0.05) is 54.1 Å². The molecule has 0 unspecified atom stereocenters. The van der Waals surface area contributed by atoms with Crippen LogP contribution in [0, 0.1) is 0 Å². The van der Waals surface area contributed by atoms with E-state index in [9.17, 15) is 9.59 Å². The van der Waals surface area contributed by atoms with Gasteiger partial charge in [-0.05, 0) is 37.1 Å².